The van der Waals surface area contributed by atoms with Crippen molar-refractivity contribution in [1.29, 1.82) is 0 Å². The molecule has 0 spiro atoms. The summed E-state index contributed by atoms with van der Waals surface area (Å²) in [7, 11) is -3.03. The van der Waals surface area contributed by atoms with Crippen LogP contribution in [-0.4, -0.2) is 77.6 Å². The minimum absolute atomic E-state index is 0.0735. The summed E-state index contributed by atoms with van der Waals surface area (Å²) in [6, 6.07) is 12.5. The first-order valence-corrected chi connectivity index (χ1v) is 14.2. The smallest absolute Gasteiger partial charge is 0.239 e. The Labute approximate surface area is 203 Å². The molecule has 1 amide bonds. The molecule has 2 aliphatic rings. The van der Waals surface area contributed by atoms with E-state index in [1.807, 2.05) is 19.1 Å². The lowest BCUT2D eigenvalue weighted by Crippen LogP contribution is -2.50. The van der Waals surface area contributed by atoms with Crippen molar-refractivity contribution in [2.45, 2.75) is 58.2 Å². The van der Waals surface area contributed by atoms with Gasteiger partial charge in [0.15, 0.2) is 9.84 Å². The average Bonchev–Trinajstić information content (AvgIpc) is 3.35. The first kappa shape index (κ1) is 24.9. The topological polar surface area (TPSA) is 87.5 Å². The molecule has 2 aromatic rings. The normalized spacial score (nSPS) is 22.8. The van der Waals surface area contributed by atoms with Crippen molar-refractivity contribution >= 4 is 21.6 Å². The highest BCUT2D eigenvalue weighted by molar-refractivity contribution is 7.91. The molecule has 1 aromatic carbocycles. The summed E-state index contributed by atoms with van der Waals surface area (Å²) in [5, 5.41) is 7.51. The fourth-order valence-electron chi connectivity index (χ4n) is 5.22. The number of likely N-dealkylation sites (tertiary alicyclic amines) is 1. The van der Waals surface area contributed by atoms with E-state index in [2.05, 4.69) is 51.4 Å². The van der Waals surface area contributed by atoms with E-state index < -0.39 is 9.84 Å². The SMILES string of the molecule is CCCN(CC(=O)Nc1cc(C)nn1[C@H]1CCS(=O)(=O)C1)[C@H]1CCCN(Cc2ccccc2)C1. The molecule has 8 nitrogen and oxygen atoms in total. The Morgan fingerprint density at radius 3 is 2.74 bits per heavy atom. The number of hydrogen-bond acceptors (Lipinski definition) is 6. The number of nitrogens with zero attached hydrogens (tertiary/aromatic N) is 4. The number of hydrogen-bond donors (Lipinski definition) is 1. The fourth-order valence-corrected chi connectivity index (χ4v) is 6.91. The fraction of sp³-hybridized carbons (Fsp3) is 0.600. The lowest BCUT2D eigenvalue weighted by atomic mass is 10.0. The summed E-state index contributed by atoms with van der Waals surface area (Å²) in [5.74, 6) is 0.777. The van der Waals surface area contributed by atoms with Crippen LogP contribution in [0, 0.1) is 6.92 Å². The Morgan fingerprint density at radius 1 is 1.24 bits per heavy atom. The molecule has 0 saturated carbocycles. The van der Waals surface area contributed by atoms with Gasteiger partial charge in [-0.2, -0.15) is 5.10 Å². The zero-order valence-electron chi connectivity index (χ0n) is 20.3. The van der Waals surface area contributed by atoms with Crippen LogP contribution in [-0.2, 0) is 21.2 Å². The number of anilines is 1. The molecule has 2 aliphatic heterocycles. The molecule has 34 heavy (non-hydrogen) atoms. The maximum absolute atomic E-state index is 13.1. The Balaban J connectivity index is 1.39. The Morgan fingerprint density at radius 2 is 2.03 bits per heavy atom. The summed E-state index contributed by atoms with van der Waals surface area (Å²) in [4.78, 5) is 17.9. The molecular weight excluding hydrogens is 450 g/mol. The van der Waals surface area contributed by atoms with Crippen LogP contribution in [0.3, 0.4) is 0 Å². The van der Waals surface area contributed by atoms with Gasteiger partial charge in [-0.1, -0.05) is 37.3 Å². The van der Waals surface area contributed by atoms with Crippen LogP contribution < -0.4 is 5.32 Å². The predicted molar refractivity (Wildman–Crippen MR) is 135 cm³/mol. The first-order chi connectivity index (χ1) is 16.3. The minimum Gasteiger partial charge on any atom is -0.310 e. The first-order valence-electron chi connectivity index (χ1n) is 12.4. The van der Waals surface area contributed by atoms with E-state index in [9.17, 15) is 13.2 Å². The van der Waals surface area contributed by atoms with Gasteiger partial charge in [0.2, 0.25) is 5.91 Å². The molecule has 0 aliphatic carbocycles. The number of sulfone groups is 1. The molecule has 2 atom stereocenters. The second-order valence-corrected chi connectivity index (χ2v) is 11.9. The minimum atomic E-state index is -3.03. The number of carbonyl (C=O) groups excluding carboxylic acids is 1. The van der Waals surface area contributed by atoms with Gasteiger partial charge in [-0.05, 0) is 51.3 Å². The number of aromatic nitrogens is 2. The van der Waals surface area contributed by atoms with E-state index in [1.54, 1.807) is 4.68 Å². The molecule has 9 heteroatoms. The van der Waals surface area contributed by atoms with Gasteiger partial charge in [0, 0.05) is 25.2 Å². The van der Waals surface area contributed by atoms with Crippen LogP contribution in [0.4, 0.5) is 5.82 Å². The molecule has 2 fully saturated rings. The van der Waals surface area contributed by atoms with E-state index in [0.717, 1.165) is 51.1 Å². The van der Waals surface area contributed by atoms with Crippen LogP contribution >= 0.6 is 0 Å². The van der Waals surface area contributed by atoms with E-state index in [0.29, 0.717) is 24.8 Å². The summed E-state index contributed by atoms with van der Waals surface area (Å²) in [5.41, 5.74) is 2.09. The van der Waals surface area contributed by atoms with Crippen LogP contribution in [0.2, 0.25) is 0 Å². The van der Waals surface area contributed by atoms with Gasteiger partial charge in [0.25, 0.3) is 0 Å². The van der Waals surface area contributed by atoms with Crippen molar-refractivity contribution in [1.82, 2.24) is 19.6 Å². The lowest BCUT2D eigenvalue weighted by molar-refractivity contribution is -0.118. The van der Waals surface area contributed by atoms with Gasteiger partial charge < -0.3 is 5.32 Å². The summed E-state index contributed by atoms with van der Waals surface area (Å²) >= 11 is 0. The third-order valence-corrected chi connectivity index (χ3v) is 8.53. The third-order valence-electron chi connectivity index (χ3n) is 6.78. The molecule has 0 bridgehead atoms. The third kappa shape index (κ3) is 6.46. The molecule has 4 rings (SSSR count). The second-order valence-electron chi connectivity index (χ2n) is 9.71. The summed E-state index contributed by atoms with van der Waals surface area (Å²) in [6.45, 7) is 8.18. The zero-order chi connectivity index (χ0) is 24.1. The second kappa shape index (κ2) is 11.0. The monoisotopic (exact) mass is 487 g/mol. The molecule has 1 aromatic heterocycles. The van der Waals surface area contributed by atoms with Gasteiger partial charge in [0.05, 0.1) is 29.8 Å². The quantitative estimate of drug-likeness (QED) is 0.585. The molecule has 2 saturated heterocycles. The number of piperidine rings is 1. The Kier molecular flexibility index (Phi) is 8.06. The average molecular weight is 488 g/mol. The molecule has 1 N–H and O–H groups in total. The zero-order valence-corrected chi connectivity index (χ0v) is 21.1. The van der Waals surface area contributed by atoms with Crippen molar-refractivity contribution in [2.24, 2.45) is 0 Å². The number of carbonyl (C=O) groups is 1. The maximum Gasteiger partial charge on any atom is 0.239 e. The van der Waals surface area contributed by atoms with Gasteiger partial charge in [0.1, 0.15) is 5.82 Å². The number of nitrogens with one attached hydrogen (secondary N) is 1. The number of benzene rings is 1. The van der Waals surface area contributed by atoms with Crippen molar-refractivity contribution in [3.05, 3.63) is 47.7 Å². The highest BCUT2D eigenvalue weighted by Crippen LogP contribution is 2.27. The largest absolute Gasteiger partial charge is 0.310 e. The highest BCUT2D eigenvalue weighted by atomic mass is 32.2. The number of rotatable bonds is 9. The highest BCUT2D eigenvalue weighted by Gasteiger charge is 2.32. The number of aryl methyl sites for hydroxylation is 1. The van der Waals surface area contributed by atoms with E-state index in [4.69, 9.17) is 0 Å². The van der Waals surface area contributed by atoms with Gasteiger partial charge in [-0.3, -0.25) is 14.6 Å². The molecule has 3 heterocycles. The van der Waals surface area contributed by atoms with Crippen LogP contribution in [0.5, 0.6) is 0 Å². The molecular formula is C25H37N5O3S. The number of amides is 1. The summed E-state index contributed by atoms with van der Waals surface area (Å²) in [6.07, 6.45) is 3.74. The van der Waals surface area contributed by atoms with E-state index in [-0.39, 0.29) is 23.5 Å². The van der Waals surface area contributed by atoms with Crippen molar-refractivity contribution in [2.75, 3.05) is 43.0 Å². The van der Waals surface area contributed by atoms with Crippen molar-refractivity contribution in [3.8, 4) is 0 Å². The standard InChI is InChI=1S/C25H37N5O3S/c1-3-12-29(22-10-7-13-28(17-22)16-21-8-5-4-6-9-21)18-25(31)26-24-15-20(2)27-30(24)23-11-14-34(32,33)19-23/h4-6,8-9,15,22-23H,3,7,10-14,16-19H2,1-2H3,(H,26,31)/t22-,23-/m0/s1. The van der Waals surface area contributed by atoms with Crippen LogP contribution in [0.25, 0.3) is 0 Å². The predicted octanol–water partition coefficient (Wildman–Crippen LogP) is 2.87. The maximum atomic E-state index is 13.1. The summed E-state index contributed by atoms with van der Waals surface area (Å²) < 4.78 is 25.6. The molecule has 0 unspecified atom stereocenters. The van der Waals surface area contributed by atoms with E-state index >= 15 is 0 Å². The Hall–Kier alpha value is -2.23. The molecule has 0 radical (unpaired) electrons. The molecule has 186 valence electrons. The van der Waals surface area contributed by atoms with Gasteiger partial charge in [-0.15, -0.1) is 0 Å². The van der Waals surface area contributed by atoms with Crippen molar-refractivity contribution < 1.29 is 13.2 Å². The van der Waals surface area contributed by atoms with Gasteiger partial charge >= 0.3 is 0 Å². The van der Waals surface area contributed by atoms with Crippen LogP contribution in [0.15, 0.2) is 36.4 Å². The Bertz CT molecular complexity index is 1070. The van der Waals surface area contributed by atoms with Crippen molar-refractivity contribution in [3.63, 3.8) is 0 Å². The van der Waals surface area contributed by atoms with Gasteiger partial charge in [-0.25, -0.2) is 13.1 Å². The lowest BCUT2D eigenvalue weighted by Gasteiger charge is -2.39. The van der Waals surface area contributed by atoms with Crippen LogP contribution in [0.1, 0.15) is 49.9 Å². The van der Waals surface area contributed by atoms with E-state index in [1.165, 1.54) is 5.56 Å².